The van der Waals surface area contributed by atoms with Crippen LogP contribution in [0.5, 0.6) is 0 Å². The molecule has 0 spiro atoms. The molecule has 1 aliphatic rings. The number of rotatable bonds is 6. The summed E-state index contributed by atoms with van der Waals surface area (Å²) in [4.78, 5) is 36.0. The quantitative estimate of drug-likeness (QED) is 0.620. The van der Waals surface area contributed by atoms with E-state index in [4.69, 9.17) is 0 Å². The van der Waals surface area contributed by atoms with Gasteiger partial charge < -0.3 is 14.8 Å². The summed E-state index contributed by atoms with van der Waals surface area (Å²) >= 11 is 0. The smallest absolute Gasteiger partial charge is 0.292 e. The number of sulfone groups is 1. The summed E-state index contributed by atoms with van der Waals surface area (Å²) in [6.07, 6.45) is 0.730. The molecule has 124 valence electrons. The molecular formula is C15H16NO6S-. The van der Waals surface area contributed by atoms with Crippen LogP contribution in [0.2, 0.25) is 0 Å². The van der Waals surface area contributed by atoms with Gasteiger partial charge >= 0.3 is 0 Å². The lowest BCUT2D eigenvalue weighted by atomic mass is 10.0. The Hall–Kier alpha value is -2.22. The van der Waals surface area contributed by atoms with Crippen LogP contribution in [-0.4, -0.2) is 49.0 Å². The average molecular weight is 338 g/mol. The molecule has 8 heteroatoms. The van der Waals surface area contributed by atoms with Gasteiger partial charge in [-0.05, 0) is 18.4 Å². The molecule has 23 heavy (non-hydrogen) atoms. The van der Waals surface area contributed by atoms with Gasteiger partial charge in [0.1, 0.15) is 0 Å². The number of aliphatic carboxylic acids is 1. The second kappa shape index (κ2) is 6.49. The first-order chi connectivity index (χ1) is 10.7. The maximum absolute atomic E-state index is 12.2. The highest BCUT2D eigenvalue weighted by molar-refractivity contribution is 7.92. The van der Waals surface area contributed by atoms with Gasteiger partial charge in [0, 0.05) is 18.8 Å². The van der Waals surface area contributed by atoms with Crippen molar-refractivity contribution in [1.82, 2.24) is 4.90 Å². The second-order valence-electron chi connectivity index (χ2n) is 5.44. The van der Waals surface area contributed by atoms with Crippen LogP contribution in [0.1, 0.15) is 24.4 Å². The van der Waals surface area contributed by atoms with E-state index >= 15 is 0 Å². The predicted octanol–water partition coefficient (Wildman–Crippen LogP) is -0.918. The fourth-order valence-electron chi connectivity index (χ4n) is 2.76. The highest BCUT2D eigenvalue weighted by Crippen LogP contribution is 2.35. The number of carbonyl (C=O) groups excluding carboxylic acids is 3. The van der Waals surface area contributed by atoms with E-state index in [9.17, 15) is 27.9 Å². The molecule has 0 unspecified atom stereocenters. The number of hydrogen-bond donors (Lipinski definition) is 0. The van der Waals surface area contributed by atoms with Crippen LogP contribution in [0.4, 0.5) is 0 Å². The third kappa shape index (κ3) is 3.58. The van der Waals surface area contributed by atoms with Crippen molar-refractivity contribution in [3.63, 3.8) is 0 Å². The van der Waals surface area contributed by atoms with Crippen molar-refractivity contribution in [3.8, 4) is 0 Å². The SMILES string of the molecule is CS(=O)(=O)[C@@H]1C(=O)C(=O)N(CCCC(=O)[O-])[C@H]1c1ccccc1. The van der Waals surface area contributed by atoms with Crippen molar-refractivity contribution in [2.24, 2.45) is 0 Å². The molecule has 7 nitrogen and oxygen atoms in total. The average Bonchev–Trinajstić information content (AvgIpc) is 2.72. The largest absolute Gasteiger partial charge is 0.550 e. The maximum atomic E-state index is 12.2. The number of amides is 1. The molecule has 1 fully saturated rings. The van der Waals surface area contributed by atoms with Crippen molar-refractivity contribution in [2.75, 3.05) is 12.8 Å². The molecule has 0 N–H and O–H groups in total. The van der Waals surface area contributed by atoms with E-state index in [0.717, 1.165) is 11.2 Å². The Labute approximate surface area is 133 Å². The number of carbonyl (C=O) groups is 3. The van der Waals surface area contributed by atoms with E-state index in [1.807, 2.05) is 0 Å². The maximum Gasteiger partial charge on any atom is 0.292 e. The summed E-state index contributed by atoms with van der Waals surface area (Å²) in [6.45, 7) is -0.0237. The van der Waals surface area contributed by atoms with Gasteiger partial charge in [-0.3, -0.25) is 9.59 Å². The van der Waals surface area contributed by atoms with Crippen molar-refractivity contribution in [2.45, 2.75) is 24.1 Å². The summed E-state index contributed by atoms with van der Waals surface area (Å²) in [5, 5.41) is 9.04. The normalized spacial score (nSPS) is 21.7. The lowest BCUT2D eigenvalue weighted by molar-refractivity contribution is -0.305. The zero-order valence-electron chi connectivity index (χ0n) is 12.5. The number of likely N-dealkylation sites (tertiary alicyclic amines) is 1. The van der Waals surface area contributed by atoms with Crippen LogP contribution in [0.25, 0.3) is 0 Å². The molecule has 2 atom stereocenters. The minimum atomic E-state index is -3.80. The van der Waals surface area contributed by atoms with Gasteiger partial charge in [-0.15, -0.1) is 0 Å². The Morgan fingerprint density at radius 3 is 2.35 bits per heavy atom. The van der Waals surface area contributed by atoms with Crippen LogP contribution in [0.15, 0.2) is 30.3 Å². The van der Waals surface area contributed by atoms with Crippen LogP contribution in [0.3, 0.4) is 0 Å². The minimum absolute atomic E-state index is 0.0237. The summed E-state index contributed by atoms with van der Waals surface area (Å²) in [7, 11) is -3.80. The van der Waals surface area contributed by atoms with Gasteiger partial charge in [0.25, 0.3) is 5.91 Å². The first kappa shape index (κ1) is 17.1. The van der Waals surface area contributed by atoms with Crippen LogP contribution < -0.4 is 5.11 Å². The van der Waals surface area contributed by atoms with E-state index in [2.05, 4.69) is 0 Å². The zero-order chi connectivity index (χ0) is 17.2. The number of ketones is 1. The van der Waals surface area contributed by atoms with Crippen molar-refractivity contribution in [3.05, 3.63) is 35.9 Å². The Bertz CT molecular complexity index is 728. The molecule has 0 aromatic heterocycles. The zero-order valence-corrected chi connectivity index (χ0v) is 13.3. The summed E-state index contributed by atoms with van der Waals surface area (Å²) in [5.41, 5.74) is 0.524. The summed E-state index contributed by atoms with van der Waals surface area (Å²) in [6, 6.07) is 7.44. The molecule has 1 aromatic carbocycles. The standard InChI is InChI=1S/C15H17NO6S/c1-23(21,22)14-12(10-6-3-2-4-7-10)16(15(20)13(14)19)9-5-8-11(17)18/h2-4,6-7,12,14H,5,8-9H2,1H3,(H,17,18)/p-1/t12-,14-/m0/s1. The number of nitrogens with zero attached hydrogens (tertiary/aromatic N) is 1. The van der Waals surface area contributed by atoms with Gasteiger partial charge in [0.05, 0.1) is 6.04 Å². The Morgan fingerprint density at radius 1 is 1.22 bits per heavy atom. The number of carboxylic acid groups (broad SMARTS) is 1. The van der Waals surface area contributed by atoms with Gasteiger partial charge in [-0.1, -0.05) is 30.3 Å². The topological polar surface area (TPSA) is 112 Å². The molecule has 0 bridgehead atoms. The lowest BCUT2D eigenvalue weighted by Crippen LogP contribution is -2.34. The molecular weight excluding hydrogens is 322 g/mol. The van der Waals surface area contributed by atoms with E-state index in [-0.39, 0.29) is 19.4 Å². The molecule has 1 aliphatic heterocycles. The fraction of sp³-hybridized carbons (Fsp3) is 0.400. The highest BCUT2D eigenvalue weighted by atomic mass is 32.2. The summed E-state index contributed by atoms with van der Waals surface area (Å²) in [5.74, 6) is -3.14. The lowest BCUT2D eigenvalue weighted by Gasteiger charge is -2.27. The minimum Gasteiger partial charge on any atom is -0.550 e. The van der Waals surface area contributed by atoms with E-state index in [1.165, 1.54) is 0 Å². The number of benzene rings is 1. The monoisotopic (exact) mass is 338 g/mol. The third-order valence-corrected chi connectivity index (χ3v) is 5.13. The first-order valence-electron chi connectivity index (χ1n) is 7.02. The van der Waals surface area contributed by atoms with Crippen LogP contribution >= 0.6 is 0 Å². The Balaban J connectivity index is 2.40. The van der Waals surface area contributed by atoms with Crippen molar-refractivity contribution in [1.29, 1.82) is 0 Å². The molecule has 2 rings (SSSR count). The number of hydrogen-bond acceptors (Lipinski definition) is 6. The molecule has 0 aliphatic carbocycles. The van der Waals surface area contributed by atoms with Gasteiger partial charge in [0.2, 0.25) is 5.78 Å². The third-order valence-electron chi connectivity index (χ3n) is 3.73. The first-order valence-corrected chi connectivity index (χ1v) is 8.97. The van der Waals surface area contributed by atoms with Crippen molar-refractivity contribution >= 4 is 27.5 Å². The van der Waals surface area contributed by atoms with Gasteiger partial charge in [-0.2, -0.15) is 0 Å². The van der Waals surface area contributed by atoms with E-state index in [0.29, 0.717) is 5.56 Å². The molecule has 1 saturated heterocycles. The van der Waals surface area contributed by atoms with E-state index in [1.54, 1.807) is 30.3 Å². The van der Waals surface area contributed by atoms with Gasteiger partial charge in [-0.25, -0.2) is 8.42 Å². The van der Waals surface area contributed by atoms with Crippen LogP contribution in [0, 0.1) is 0 Å². The second-order valence-corrected chi connectivity index (χ2v) is 7.61. The van der Waals surface area contributed by atoms with Crippen molar-refractivity contribution < 1.29 is 27.9 Å². The van der Waals surface area contributed by atoms with Crippen LogP contribution in [-0.2, 0) is 24.2 Å². The molecule has 1 heterocycles. The molecule has 1 amide bonds. The molecule has 0 radical (unpaired) electrons. The number of Topliss-reactive ketones (excluding diaryl/α,β-unsaturated/α-hetero) is 1. The Kier molecular flexibility index (Phi) is 4.84. The Morgan fingerprint density at radius 2 is 1.83 bits per heavy atom. The molecule has 1 aromatic rings. The predicted molar refractivity (Wildman–Crippen MR) is 78.8 cm³/mol. The van der Waals surface area contributed by atoms with Gasteiger partial charge in [0.15, 0.2) is 15.1 Å². The highest BCUT2D eigenvalue weighted by Gasteiger charge is 2.52. The number of carboxylic acids is 1. The van der Waals surface area contributed by atoms with E-state index < -0.39 is 38.8 Å². The summed E-state index contributed by atoms with van der Waals surface area (Å²) < 4.78 is 24.0. The molecule has 0 saturated carbocycles. The fourth-order valence-corrected chi connectivity index (χ4v) is 4.03.